The summed E-state index contributed by atoms with van der Waals surface area (Å²) in [6.07, 6.45) is 5.85. The Balaban J connectivity index is 1.70. The number of hydrogen-bond acceptors (Lipinski definition) is 2. The van der Waals surface area contributed by atoms with Crippen LogP contribution in [0.5, 0.6) is 0 Å². The predicted octanol–water partition coefficient (Wildman–Crippen LogP) is 6.32. The average Bonchev–Trinajstić information content (AvgIpc) is 3.16. The number of halogens is 1. The van der Waals surface area contributed by atoms with Gasteiger partial charge in [0.1, 0.15) is 0 Å². The van der Waals surface area contributed by atoms with Crippen molar-refractivity contribution < 1.29 is 0 Å². The Bertz CT molecular complexity index is 821. The molecule has 0 amide bonds. The second kappa shape index (κ2) is 7.00. The van der Waals surface area contributed by atoms with Gasteiger partial charge in [0.25, 0.3) is 0 Å². The molecule has 2 aromatic rings. The lowest BCUT2D eigenvalue weighted by Gasteiger charge is -2.38. The second-order valence-corrected chi connectivity index (χ2v) is 7.78. The van der Waals surface area contributed by atoms with Gasteiger partial charge < -0.3 is 10.2 Å². The van der Waals surface area contributed by atoms with Gasteiger partial charge in [-0.15, -0.1) is 0 Å². The highest BCUT2D eigenvalue weighted by atomic mass is 35.5. The van der Waals surface area contributed by atoms with Crippen LogP contribution in [0, 0.1) is 12.8 Å². The minimum atomic E-state index is 0.324. The van der Waals surface area contributed by atoms with Crippen molar-refractivity contribution in [1.82, 2.24) is 0 Å². The van der Waals surface area contributed by atoms with Gasteiger partial charge in [-0.3, -0.25) is 0 Å². The smallest absolute Gasteiger partial charge is 0.0554 e. The summed E-state index contributed by atoms with van der Waals surface area (Å²) >= 11 is 6.41. The predicted molar refractivity (Wildman–Crippen MR) is 113 cm³/mol. The zero-order valence-corrected chi connectivity index (χ0v) is 16.6. The molecule has 0 aromatic heterocycles. The number of hydrogen-bond donors (Lipinski definition) is 1. The summed E-state index contributed by atoms with van der Waals surface area (Å²) < 4.78 is 0. The van der Waals surface area contributed by atoms with Crippen molar-refractivity contribution in [3.8, 4) is 0 Å². The average molecular weight is 367 g/mol. The molecule has 2 aliphatic rings. The van der Waals surface area contributed by atoms with E-state index in [4.69, 9.17) is 11.6 Å². The molecule has 3 unspecified atom stereocenters. The lowest BCUT2D eigenvalue weighted by Crippen LogP contribution is -2.29. The van der Waals surface area contributed by atoms with Crippen LogP contribution in [0.15, 0.2) is 48.6 Å². The molecule has 3 atom stereocenters. The van der Waals surface area contributed by atoms with E-state index in [1.807, 2.05) is 6.07 Å². The van der Waals surface area contributed by atoms with Crippen LogP contribution in [0.3, 0.4) is 0 Å². The van der Waals surface area contributed by atoms with Gasteiger partial charge >= 0.3 is 0 Å². The standard InChI is InChI=1S/C23H27ClN2/c1-4-26(5-2)17-11-9-16(10-12-17)23-19-8-6-7-18(19)20-13-14-21(24)15(3)22(20)25-23/h6-7,9-14,18-19,23,25H,4-5,8H2,1-3H3. The zero-order chi connectivity index (χ0) is 18.3. The lowest BCUT2D eigenvalue weighted by atomic mass is 9.76. The summed E-state index contributed by atoms with van der Waals surface area (Å²) in [5, 5.41) is 4.67. The number of anilines is 2. The fourth-order valence-electron chi connectivity index (χ4n) is 4.60. The zero-order valence-electron chi connectivity index (χ0n) is 15.8. The molecule has 2 aromatic carbocycles. The summed E-state index contributed by atoms with van der Waals surface area (Å²) in [6.45, 7) is 8.61. The van der Waals surface area contributed by atoms with E-state index in [2.05, 4.69) is 73.5 Å². The summed E-state index contributed by atoms with van der Waals surface area (Å²) in [5.41, 5.74) is 6.44. The van der Waals surface area contributed by atoms with Crippen LogP contribution in [0.2, 0.25) is 5.02 Å². The van der Waals surface area contributed by atoms with Crippen molar-refractivity contribution in [1.29, 1.82) is 0 Å². The van der Waals surface area contributed by atoms with Gasteiger partial charge in [-0.25, -0.2) is 0 Å². The highest BCUT2D eigenvalue weighted by Gasteiger charge is 2.38. The first-order valence-electron chi connectivity index (χ1n) is 9.71. The van der Waals surface area contributed by atoms with E-state index in [0.717, 1.165) is 30.1 Å². The second-order valence-electron chi connectivity index (χ2n) is 7.38. The first-order valence-corrected chi connectivity index (χ1v) is 10.1. The molecule has 0 bridgehead atoms. The molecule has 1 aliphatic carbocycles. The van der Waals surface area contributed by atoms with Crippen LogP contribution in [-0.4, -0.2) is 13.1 Å². The number of nitrogens with one attached hydrogen (secondary N) is 1. The summed E-state index contributed by atoms with van der Waals surface area (Å²) in [5.74, 6) is 1.05. The molecular formula is C23H27ClN2. The minimum Gasteiger partial charge on any atom is -0.377 e. The van der Waals surface area contributed by atoms with Crippen LogP contribution in [-0.2, 0) is 0 Å². The Morgan fingerprint density at radius 3 is 2.50 bits per heavy atom. The van der Waals surface area contributed by atoms with Crippen molar-refractivity contribution >= 4 is 23.0 Å². The van der Waals surface area contributed by atoms with E-state index in [1.165, 1.54) is 22.5 Å². The quantitative estimate of drug-likeness (QED) is 0.637. The van der Waals surface area contributed by atoms with Crippen LogP contribution in [0.1, 0.15) is 48.9 Å². The van der Waals surface area contributed by atoms with E-state index >= 15 is 0 Å². The van der Waals surface area contributed by atoms with Crippen molar-refractivity contribution in [3.05, 3.63) is 70.3 Å². The molecule has 4 rings (SSSR count). The Morgan fingerprint density at radius 2 is 1.81 bits per heavy atom. The van der Waals surface area contributed by atoms with Gasteiger partial charge in [0.05, 0.1) is 6.04 Å². The van der Waals surface area contributed by atoms with Crippen molar-refractivity contribution in [3.63, 3.8) is 0 Å². The molecule has 2 nitrogen and oxygen atoms in total. The first-order chi connectivity index (χ1) is 12.6. The number of rotatable bonds is 4. The molecule has 1 heterocycles. The minimum absolute atomic E-state index is 0.324. The van der Waals surface area contributed by atoms with Crippen molar-refractivity contribution in [2.75, 3.05) is 23.3 Å². The Labute approximate surface area is 161 Å². The lowest BCUT2D eigenvalue weighted by molar-refractivity contribution is 0.425. The van der Waals surface area contributed by atoms with Gasteiger partial charge in [0.15, 0.2) is 0 Å². The summed E-state index contributed by atoms with van der Waals surface area (Å²) in [7, 11) is 0. The SMILES string of the molecule is CCN(CC)c1ccc(C2Nc3c(ccc(Cl)c3C)C3C=CCC32)cc1. The number of fused-ring (bicyclic) bond motifs is 3. The molecular weight excluding hydrogens is 340 g/mol. The van der Waals surface area contributed by atoms with Gasteiger partial charge in [-0.1, -0.05) is 42.0 Å². The summed E-state index contributed by atoms with van der Waals surface area (Å²) in [6, 6.07) is 13.7. The van der Waals surface area contributed by atoms with Crippen LogP contribution in [0.25, 0.3) is 0 Å². The monoisotopic (exact) mass is 366 g/mol. The fourth-order valence-corrected chi connectivity index (χ4v) is 4.76. The molecule has 26 heavy (non-hydrogen) atoms. The maximum atomic E-state index is 6.41. The Morgan fingerprint density at radius 1 is 1.08 bits per heavy atom. The number of nitrogens with zero attached hydrogens (tertiary/aromatic N) is 1. The number of allylic oxidation sites excluding steroid dienone is 2. The topological polar surface area (TPSA) is 15.3 Å². The number of benzene rings is 2. The maximum absolute atomic E-state index is 6.41. The van der Waals surface area contributed by atoms with E-state index in [9.17, 15) is 0 Å². The van der Waals surface area contributed by atoms with E-state index < -0.39 is 0 Å². The van der Waals surface area contributed by atoms with Crippen LogP contribution < -0.4 is 10.2 Å². The molecule has 0 saturated carbocycles. The fraction of sp³-hybridized carbons (Fsp3) is 0.391. The molecule has 1 N–H and O–H groups in total. The normalized spacial score (nSPS) is 23.3. The van der Waals surface area contributed by atoms with Crippen LogP contribution in [0.4, 0.5) is 11.4 Å². The van der Waals surface area contributed by atoms with Crippen LogP contribution >= 0.6 is 11.6 Å². The first kappa shape index (κ1) is 17.5. The van der Waals surface area contributed by atoms with E-state index in [-0.39, 0.29) is 0 Å². The molecule has 0 fully saturated rings. The molecule has 0 saturated heterocycles. The van der Waals surface area contributed by atoms with Gasteiger partial charge in [0, 0.05) is 35.4 Å². The third kappa shape index (κ3) is 2.81. The largest absolute Gasteiger partial charge is 0.377 e. The molecule has 136 valence electrons. The molecule has 0 spiro atoms. The molecule has 1 aliphatic heterocycles. The Hall–Kier alpha value is -1.93. The van der Waals surface area contributed by atoms with Gasteiger partial charge in [-0.05, 0) is 68.0 Å². The highest BCUT2D eigenvalue weighted by molar-refractivity contribution is 6.31. The van der Waals surface area contributed by atoms with Crippen molar-refractivity contribution in [2.24, 2.45) is 5.92 Å². The third-order valence-corrected chi connectivity index (χ3v) is 6.52. The van der Waals surface area contributed by atoms with Gasteiger partial charge in [0.2, 0.25) is 0 Å². The molecule has 0 radical (unpaired) electrons. The van der Waals surface area contributed by atoms with Gasteiger partial charge in [-0.2, -0.15) is 0 Å². The molecule has 3 heteroatoms. The van der Waals surface area contributed by atoms with E-state index in [1.54, 1.807) is 0 Å². The third-order valence-electron chi connectivity index (χ3n) is 6.11. The maximum Gasteiger partial charge on any atom is 0.0554 e. The Kier molecular flexibility index (Phi) is 4.71. The van der Waals surface area contributed by atoms with E-state index in [0.29, 0.717) is 17.9 Å². The van der Waals surface area contributed by atoms with Crippen molar-refractivity contribution in [2.45, 2.75) is 39.2 Å². The summed E-state index contributed by atoms with van der Waals surface area (Å²) in [4.78, 5) is 2.39. The highest BCUT2D eigenvalue weighted by Crippen LogP contribution is 2.51.